The van der Waals surface area contributed by atoms with Crippen molar-refractivity contribution in [2.45, 2.75) is 25.8 Å². The van der Waals surface area contributed by atoms with Crippen molar-refractivity contribution in [1.82, 2.24) is 19.7 Å². The minimum absolute atomic E-state index is 0.0175. The van der Waals surface area contributed by atoms with E-state index in [2.05, 4.69) is 15.3 Å². The Labute approximate surface area is 274 Å². The lowest BCUT2D eigenvalue weighted by Crippen LogP contribution is -2.51. The van der Waals surface area contributed by atoms with Gasteiger partial charge in [0.15, 0.2) is 0 Å². The summed E-state index contributed by atoms with van der Waals surface area (Å²) in [7, 11) is 2.99. The van der Waals surface area contributed by atoms with Crippen LogP contribution in [0.15, 0.2) is 53.5 Å². The molecule has 4 aromatic rings. The van der Waals surface area contributed by atoms with Crippen LogP contribution >= 0.6 is 23.2 Å². The summed E-state index contributed by atoms with van der Waals surface area (Å²) in [5.74, 6) is -1.21. The largest absolute Gasteiger partial charge is 0.481 e. The van der Waals surface area contributed by atoms with Crippen LogP contribution in [0.4, 0.5) is 10.1 Å². The van der Waals surface area contributed by atoms with Gasteiger partial charge in [0.25, 0.3) is 11.5 Å². The SMILES string of the molecule is CCOC(=O)C1CN(C2CCc3cc(-c4cccc(-c5c(F)ccc(NC(=O)c6ccnn(C)c6=O)c5Cl)c4Cl)nc(OC)c32)C1. The first-order valence-electron chi connectivity index (χ1n) is 14.7. The van der Waals surface area contributed by atoms with Crippen LogP contribution in [-0.2, 0) is 23.0 Å². The minimum Gasteiger partial charge on any atom is -0.481 e. The van der Waals surface area contributed by atoms with Crippen molar-refractivity contribution < 1.29 is 23.5 Å². The van der Waals surface area contributed by atoms with Crippen LogP contribution in [0, 0.1) is 11.7 Å². The molecule has 0 spiro atoms. The molecule has 6 rings (SSSR count). The van der Waals surface area contributed by atoms with E-state index >= 15 is 4.39 Å². The molecule has 1 N–H and O–H groups in total. The summed E-state index contributed by atoms with van der Waals surface area (Å²) in [6, 6.07) is 10.9. The number of benzene rings is 2. The zero-order chi connectivity index (χ0) is 32.7. The number of anilines is 1. The predicted molar refractivity (Wildman–Crippen MR) is 172 cm³/mol. The Morgan fingerprint density at radius 1 is 1.11 bits per heavy atom. The summed E-state index contributed by atoms with van der Waals surface area (Å²) in [5, 5.41) is 6.54. The van der Waals surface area contributed by atoms with E-state index in [-0.39, 0.29) is 44.8 Å². The number of carbonyl (C=O) groups excluding carboxylic acids is 2. The Balaban J connectivity index is 1.31. The zero-order valence-corrected chi connectivity index (χ0v) is 26.8. The van der Waals surface area contributed by atoms with Crippen molar-refractivity contribution in [2.24, 2.45) is 13.0 Å². The summed E-state index contributed by atoms with van der Waals surface area (Å²) in [6.07, 6.45) is 2.96. The van der Waals surface area contributed by atoms with Gasteiger partial charge < -0.3 is 14.8 Å². The smallest absolute Gasteiger partial charge is 0.311 e. The van der Waals surface area contributed by atoms with Gasteiger partial charge in [-0.05, 0) is 49.6 Å². The van der Waals surface area contributed by atoms with Gasteiger partial charge in [0, 0.05) is 54.6 Å². The summed E-state index contributed by atoms with van der Waals surface area (Å²) in [4.78, 5) is 44.5. The summed E-state index contributed by atoms with van der Waals surface area (Å²) < 4.78 is 27.4. The summed E-state index contributed by atoms with van der Waals surface area (Å²) >= 11 is 13.6. The van der Waals surface area contributed by atoms with Crippen LogP contribution in [0.3, 0.4) is 0 Å². The number of likely N-dealkylation sites (tertiary alicyclic amines) is 1. The second-order valence-electron chi connectivity index (χ2n) is 11.1. The number of rotatable bonds is 8. The highest BCUT2D eigenvalue weighted by Gasteiger charge is 2.42. The van der Waals surface area contributed by atoms with E-state index in [1.807, 2.05) is 6.07 Å². The molecule has 10 nitrogen and oxygen atoms in total. The first-order valence-corrected chi connectivity index (χ1v) is 15.5. The molecular formula is C33H30Cl2FN5O5. The van der Waals surface area contributed by atoms with E-state index in [4.69, 9.17) is 37.7 Å². The quantitative estimate of drug-likeness (QED) is 0.239. The van der Waals surface area contributed by atoms with Crippen molar-refractivity contribution in [3.63, 3.8) is 0 Å². The van der Waals surface area contributed by atoms with E-state index < -0.39 is 17.3 Å². The normalized spacial score (nSPS) is 16.1. The average molecular weight is 667 g/mol. The number of nitrogens with zero attached hydrogens (tertiary/aromatic N) is 4. The number of pyridine rings is 1. The van der Waals surface area contributed by atoms with E-state index in [1.165, 1.54) is 31.4 Å². The Morgan fingerprint density at radius 2 is 1.87 bits per heavy atom. The molecule has 13 heteroatoms. The Kier molecular flexibility index (Phi) is 8.82. The number of fused-ring (bicyclic) bond motifs is 1. The minimum atomic E-state index is -0.718. The Hall–Kier alpha value is -4.32. The van der Waals surface area contributed by atoms with Gasteiger partial charge in [0.05, 0.1) is 41.1 Å². The Bertz CT molecular complexity index is 1930. The molecule has 1 atom stereocenters. The number of nitrogens with one attached hydrogen (secondary N) is 1. The highest BCUT2D eigenvalue weighted by atomic mass is 35.5. The van der Waals surface area contributed by atoms with Gasteiger partial charge in [-0.2, -0.15) is 5.10 Å². The molecule has 3 heterocycles. The molecule has 1 fully saturated rings. The van der Waals surface area contributed by atoms with Crippen molar-refractivity contribution in [3.8, 4) is 28.3 Å². The molecule has 0 saturated carbocycles. The molecule has 1 aliphatic heterocycles. The van der Waals surface area contributed by atoms with Gasteiger partial charge in [-0.3, -0.25) is 19.3 Å². The number of esters is 1. The molecule has 0 bridgehead atoms. The number of hydrogen-bond donors (Lipinski definition) is 1. The Morgan fingerprint density at radius 3 is 2.61 bits per heavy atom. The predicted octanol–water partition coefficient (Wildman–Crippen LogP) is 5.70. The standard InChI is InChI=1S/C33H30Cl2FN5O5/c1-4-46-33(44)18-15-41(16-18)25-11-8-17-14-24(39-31(45-3)26(17)25)19-6-5-7-20(28(19)34)27-22(36)9-10-23(29(27)35)38-30(42)21-12-13-37-40(2)32(21)43/h5-7,9-10,12-14,18,25H,4,8,11,15-16H2,1-3H3,(H,38,42). The maximum Gasteiger partial charge on any atom is 0.311 e. The molecule has 2 aliphatic rings. The van der Waals surface area contributed by atoms with Crippen molar-refractivity contribution >= 4 is 40.8 Å². The lowest BCUT2D eigenvalue weighted by atomic mass is 9.95. The van der Waals surface area contributed by atoms with Crippen molar-refractivity contribution in [1.29, 1.82) is 0 Å². The maximum atomic E-state index is 15.4. The van der Waals surface area contributed by atoms with Crippen LogP contribution in [0.1, 0.15) is 40.9 Å². The number of amides is 1. The van der Waals surface area contributed by atoms with Crippen LogP contribution in [-0.4, -0.2) is 58.3 Å². The number of hydrogen-bond acceptors (Lipinski definition) is 8. The number of halogens is 3. The van der Waals surface area contributed by atoms with E-state index in [1.54, 1.807) is 32.2 Å². The molecule has 1 unspecified atom stereocenters. The average Bonchev–Trinajstić information content (AvgIpc) is 3.43. The third-order valence-corrected chi connectivity index (χ3v) is 9.23. The number of aromatic nitrogens is 3. The fourth-order valence-electron chi connectivity index (χ4n) is 6.10. The molecule has 2 aromatic heterocycles. The number of carbonyl (C=O) groups is 2. The molecule has 238 valence electrons. The first-order chi connectivity index (χ1) is 22.1. The highest BCUT2D eigenvalue weighted by Crippen LogP contribution is 2.47. The third kappa shape index (κ3) is 5.63. The van der Waals surface area contributed by atoms with Crippen LogP contribution in [0.25, 0.3) is 22.4 Å². The first kappa shape index (κ1) is 31.7. The molecular weight excluding hydrogens is 636 g/mol. The fraction of sp³-hybridized carbons (Fsp3) is 0.303. The lowest BCUT2D eigenvalue weighted by Gasteiger charge is -2.42. The number of methoxy groups -OCH3 is 1. The van der Waals surface area contributed by atoms with Gasteiger partial charge in [0.2, 0.25) is 5.88 Å². The lowest BCUT2D eigenvalue weighted by molar-refractivity contribution is -0.155. The van der Waals surface area contributed by atoms with Crippen LogP contribution < -0.4 is 15.6 Å². The second-order valence-corrected chi connectivity index (χ2v) is 11.9. The zero-order valence-electron chi connectivity index (χ0n) is 25.3. The molecule has 1 amide bonds. The fourth-order valence-corrected chi connectivity index (χ4v) is 6.72. The van der Waals surface area contributed by atoms with Crippen molar-refractivity contribution in [2.75, 3.05) is 32.1 Å². The molecule has 1 aliphatic carbocycles. The van der Waals surface area contributed by atoms with Crippen LogP contribution in [0.2, 0.25) is 10.0 Å². The van der Waals surface area contributed by atoms with Gasteiger partial charge >= 0.3 is 5.97 Å². The molecule has 2 aromatic carbocycles. The summed E-state index contributed by atoms with van der Waals surface area (Å²) in [5.41, 5.74) is 2.77. The van der Waals surface area contributed by atoms with Gasteiger partial charge in [-0.25, -0.2) is 14.1 Å². The van der Waals surface area contributed by atoms with Gasteiger partial charge in [-0.15, -0.1) is 0 Å². The van der Waals surface area contributed by atoms with Gasteiger partial charge in [-0.1, -0.05) is 41.4 Å². The van der Waals surface area contributed by atoms with E-state index in [0.717, 1.165) is 28.7 Å². The third-order valence-electron chi connectivity index (χ3n) is 8.43. The molecule has 1 saturated heterocycles. The summed E-state index contributed by atoms with van der Waals surface area (Å²) in [6.45, 7) is 3.40. The van der Waals surface area contributed by atoms with Crippen molar-refractivity contribution in [3.05, 3.63) is 91.6 Å². The van der Waals surface area contributed by atoms with E-state index in [9.17, 15) is 14.4 Å². The van der Waals surface area contributed by atoms with Gasteiger partial charge in [0.1, 0.15) is 11.4 Å². The maximum absolute atomic E-state index is 15.4. The number of aryl methyl sites for hydroxylation is 2. The molecule has 46 heavy (non-hydrogen) atoms. The highest BCUT2D eigenvalue weighted by molar-refractivity contribution is 6.39. The second kappa shape index (κ2) is 12.8. The molecule has 0 radical (unpaired) electrons. The number of ether oxygens (including phenoxy) is 2. The topological polar surface area (TPSA) is 116 Å². The van der Waals surface area contributed by atoms with E-state index in [0.29, 0.717) is 42.4 Å². The van der Waals surface area contributed by atoms with Crippen LogP contribution in [0.5, 0.6) is 5.88 Å². The monoisotopic (exact) mass is 665 g/mol.